The molecule has 3 aromatic carbocycles. The van der Waals surface area contributed by atoms with Crippen LogP contribution >= 0.6 is 0 Å². The number of ether oxygens (including phenoxy) is 1. The van der Waals surface area contributed by atoms with Gasteiger partial charge in [-0.1, -0.05) is 12.1 Å². The lowest BCUT2D eigenvalue weighted by Gasteiger charge is -2.35. The van der Waals surface area contributed by atoms with Gasteiger partial charge in [0.1, 0.15) is 17.1 Å². The summed E-state index contributed by atoms with van der Waals surface area (Å²) in [6, 6.07) is 19.0. The molecule has 0 radical (unpaired) electrons. The number of benzene rings is 3. The molecule has 2 amide bonds. The van der Waals surface area contributed by atoms with E-state index in [2.05, 4.69) is 22.5 Å². The Morgan fingerprint density at radius 3 is 2.57 bits per heavy atom. The number of aromatic nitrogens is 3. The summed E-state index contributed by atoms with van der Waals surface area (Å²) in [7, 11) is 1.88. The molecule has 11 heteroatoms. The maximum absolute atomic E-state index is 13.5. The van der Waals surface area contributed by atoms with E-state index in [1.165, 1.54) is 40.6 Å². The Balaban J connectivity index is 1.19. The molecule has 7 rings (SSSR count). The fraction of sp³-hybridized carbons (Fsp3) is 0.278. The number of halogens is 1. The number of piperidine rings is 1. The molecule has 2 atom stereocenters. The molecule has 2 aromatic heterocycles. The number of rotatable bonds is 7. The van der Waals surface area contributed by atoms with Crippen LogP contribution in [0.3, 0.4) is 0 Å². The summed E-state index contributed by atoms with van der Waals surface area (Å²) in [5.41, 5.74) is 10.5. The second-order valence-corrected chi connectivity index (χ2v) is 12.1. The van der Waals surface area contributed by atoms with Crippen molar-refractivity contribution in [3.05, 3.63) is 100 Å². The number of anilines is 2. The molecular formula is C36H35FN6O4. The molecule has 2 aliphatic heterocycles. The molecule has 0 bridgehead atoms. The van der Waals surface area contributed by atoms with Gasteiger partial charge >= 0.3 is 0 Å². The van der Waals surface area contributed by atoms with Crippen LogP contribution in [0.15, 0.2) is 77.7 Å². The summed E-state index contributed by atoms with van der Waals surface area (Å²) >= 11 is 0. The Labute approximate surface area is 270 Å². The van der Waals surface area contributed by atoms with E-state index in [9.17, 15) is 18.8 Å². The maximum atomic E-state index is 13.5. The van der Waals surface area contributed by atoms with Crippen LogP contribution in [0, 0.1) is 5.82 Å². The largest absolute Gasteiger partial charge is 0.493 e. The molecule has 2 saturated heterocycles. The highest BCUT2D eigenvalue weighted by molar-refractivity contribution is 6.06. The van der Waals surface area contributed by atoms with Gasteiger partial charge in [0.25, 0.3) is 11.5 Å². The first-order valence-corrected chi connectivity index (χ1v) is 15.8. The van der Waals surface area contributed by atoms with Crippen molar-refractivity contribution in [3.63, 3.8) is 0 Å². The van der Waals surface area contributed by atoms with Gasteiger partial charge in [0.05, 0.1) is 17.5 Å². The van der Waals surface area contributed by atoms with Gasteiger partial charge in [0.2, 0.25) is 5.91 Å². The van der Waals surface area contributed by atoms with Crippen LogP contribution in [0.25, 0.3) is 27.7 Å². The van der Waals surface area contributed by atoms with E-state index >= 15 is 0 Å². The summed E-state index contributed by atoms with van der Waals surface area (Å²) in [5, 5.41) is 8.20. The number of hydrogen-bond donors (Lipinski definition) is 2. The van der Waals surface area contributed by atoms with Crippen molar-refractivity contribution in [1.82, 2.24) is 19.2 Å². The third-order valence-electron chi connectivity index (χ3n) is 9.34. The van der Waals surface area contributed by atoms with E-state index < -0.39 is 17.3 Å². The molecular weight excluding hydrogens is 599 g/mol. The minimum atomic E-state index is -0.625. The van der Waals surface area contributed by atoms with Crippen molar-refractivity contribution < 1.29 is 18.7 Å². The fourth-order valence-corrected chi connectivity index (χ4v) is 7.03. The predicted molar refractivity (Wildman–Crippen MR) is 178 cm³/mol. The average Bonchev–Trinajstić information content (AvgIpc) is 3.59. The maximum Gasteiger partial charge on any atom is 0.271 e. The van der Waals surface area contributed by atoms with E-state index in [4.69, 9.17) is 10.5 Å². The Hall–Kier alpha value is -5.45. The zero-order valence-corrected chi connectivity index (χ0v) is 26.2. The van der Waals surface area contributed by atoms with E-state index in [1.807, 2.05) is 24.1 Å². The third kappa shape index (κ3) is 5.51. The van der Waals surface area contributed by atoms with Crippen molar-refractivity contribution in [2.24, 2.45) is 7.05 Å². The second kappa shape index (κ2) is 12.1. The van der Waals surface area contributed by atoms with Crippen LogP contribution in [0.1, 0.15) is 54.4 Å². The predicted octanol–water partition coefficient (Wildman–Crippen LogP) is 5.63. The molecule has 47 heavy (non-hydrogen) atoms. The van der Waals surface area contributed by atoms with Crippen molar-refractivity contribution in [3.8, 4) is 22.6 Å². The number of hydrogen-bond acceptors (Lipinski definition) is 6. The molecule has 2 aliphatic rings. The van der Waals surface area contributed by atoms with E-state index in [-0.39, 0.29) is 29.9 Å². The molecule has 10 nitrogen and oxygen atoms in total. The number of amides is 2. The molecule has 5 aromatic rings. The molecule has 240 valence electrons. The molecule has 4 heterocycles. The van der Waals surface area contributed by atoms with E-state index in [0.29, 0.717) is 29.5 Å². The van der Waals surface area contributed by atoms with Gasteiger partial charge in [0.15, 0.2) is 5.82 Å². The summed E-state index contributed by atoms with van der Waals surface area (Å²) in [6.45, 7) is 2.80. The first kappa shape index (κ1) is 30.2. The van der Waals surface area contributed by atoms with Crippen LogP contribution in [0.5, 0.6) is 5.75 Å². The topological polar surface area (TPSA) is 124 Å². The zero-order chi connectivity index (χ0) is 32.8. The first-order chi connectivity index (χ1) is 22.7. The molecule has 0 spiro atoms. The van der Waals surface area contributed by atoms with Gasteiger partial charge in [-0.3, -0.25) is 23.6 Å². The van der Waals surface area contributed by atoms with Gasteiger partial charge in [-0.25, -0.2) is 4.39 Å². The fourth-order valence-electron chi connectivity index (χ4n) is 7.03. The second-order valence-electron chi connectivity index (χ2n) is 12.1. The first-order valence-electron chi connectivity index (χ1n) is 15.8. The zero-order valence-electron chi connectivity index (χ0n) is 26.2. The summed E-state index contributed by atoms with van der Waals surface area (Å²) in [5.74, 6) is 0.104. The van der Waals surface area contributed by atoms with Crippen LogP contribution in [0.2, 0.25) is 0 Å². The number of fused-ring (bicyclic) bond motifs is 2. The number of carbonyl (C=O) groups is 2. The van der Waals surface area contributed by atoms with Crippen molar-refractivity contribution in [1.29, 1.82) is 0 Å². The summed E-state index contributed by atoms with van der Waals surface area (Å²) < 4.78 is 22.2. The van der Waals surface area contributed by atoms with Crippen molar-refractivity contribution in [2.75, 3.05) is 24.2 Å². The average molecular weight is 635 g/mol. The lowest BCUT2D eigenvalue weighted by atomic mass is 9.83. The number of nitrogen functional groups attached to an aromatic ring is 1. The Bertz CT molecular complexity index is 2070. The number of nitrogens with one attached hydrogen (secondary N) is 1. The van der Waals surface area contributed by atoms with Crippen molar-refractivity contribution >= 4 is 34.2 Å². The Morgan fingerprint density at radius 2 is 1.83 bits per heavy atom. The third-order valence-corrected chi connectivity index (χ3v) is 9.34. The number of pyridine rings is 1. The Morgan fingerprint density at radius 1 is 1.06 bits per heavy atom. The summed E-state index contributed by atoms with van der Waals surface area (Å²) in [4.78, 5) is 41.4. The normalized spacial score (nSPS) is 17.6. The lowest BCUT2D eigenvalue weighted by Crippen LogP contribution is -2.39. The molecule has 3 N–H and O–H groups in total. The molecule has 0 saturated carbocycles. The molecule has 0 aliphatic carbocycles. The SMILES string of the molecule is CCOc1ccn(-c2ccc(F)cc2)c(=O)c1C(=O)Nc1ccc(-c2cc([C@@H]3CCN4C(=O)CC[C@H]4C3)cc3c2c(N)nn3C)cc1. The summed E-state index contributed by atoms with van der Waals surface area (Å²) in [6.07, 6.45) is 4.87. The van der Waals surface area contributed by atoms with Gasteiger partial charge in [-0.2, -0.15) is 5.10 Å². The lowest BCUT2D eigenvalue weighted by molar-refractivity contribution is -0.129. The number of carbonyl (C=O) groups excluding carboxylic acids is 2. The minimum absolute atomic E-state index is 0.157. The van der Waals surface area contributed by atoms with Gasteiger partial charge in [0, 0.05) is 43.6 Å². The van der Waals surface area contributed by atoms with Crippen LogP contribution in [-0.4, -0.2) is 50.3 Å². The molecule has 2 fully saturated rings. The van der Waals surface area contributed by atoms with Crippen LogP contribution in [-0.2, 0) is 11.8 Å². The number of nitrogens with zero attached hydrogens (tertiary/aromatic N) is 4. The monoisotopic (exact) mass is 634 g/mol. The smallest absolute Gasteiger partial charge is 0.271 e. The van der Waals surface area contributed by atoms with E-state index in [0.717, 1.165) is 47.8 Å². The van der Waals surface area contributed by atoms with Crippen LogP contribution in [0.4, 0.5) is 15.9 Å². The van der Waals surface area contributed by atoms with Gasteiger partial charge in [-0.05, 0) is 103 Å². The minimum Gasteiger partial charge on any atom is -0.493 e. The van der Waals surface area contributed by atoms with Gasteiger partial charge < -0.3 is 20.7 Å². The molecule has 0 unspecified atom stereocenters. The van der Waals surface area contributed by atoms with Crippen LogP contribution < -0.4 is 21.3 Å². The highest BCUT2D eigenvalue weighted by Gasteiger charge is 2.37. The highest BCUT2D eigenvalue weighted by atomic mass is 19.1. The van der Waals surface area contributed by atoms with E-state index in [1.54, 1.807) is 29.8 Å². The Kier molecular flexibility index (Phi) is 7.75. The number of aryl methyl sites for hydroxylation is 1. The van der Waals surface area contributed by atoms with Gasteiger partial charge in [-0.15, -0.1) is 0 Å². The number of nitrogens with two attached hydrogens (primary N) is 1. The van der Waals surface area contributed by atoms with Crippen molar-refractivity contribution in [2.45, 2.75) is 44.6 Å². The quantitative estimate of drug-likeness (QED) is 0.239. The standard InChI is InChI=1S/C36H35FN6O4/c1-3-47-30-15-17-43(26-10-6-24(37)7-11-26)36(46)33(30)35(45)39-25-8-4-21(5-9-25)28-19-23(20-29-32(28)34(38)40-41(29)2)22-14-16-42-27(18-22)12-13-31(42)44/h4-11,15,17,19-20,22,27H,3,12-14,16,18H2,1-2H3,(H2,38,40)(H,39,45)/t22-,27+/m1/s1. The highest BCUT2D eigenvalue weighted by Crippen LogP contribution is 2.41.